The van der Waals surface area contributed by atoms with Crippen molar-refractivity contribution >= 4 is 11.6 Å². The summed E-state index contributed by atoms with van der Waals surface area (Å²) >= 11 is 6.35. The molecule has 6 nitrogen and oxygen atoms in total. The minimum Gasteiger partial charge on any atom is -0.390 e. The first-order chi connectivity index (χ1) is 12.9. The third-order valence-corrected chi connectivity index (χ3v) is 5.52. The molecule has 1 aliphatic carbocycles. The van der Waals surface area contributed by atoms with Crippen LogP contribution in [0.1, 0.15) is 37.1 Å². The van der Waals surface area contributed by atoms with E-state index in [2.05, 4.69) is 10.3 Å². The lowest BCUT2D eigenvalue weighted by molar-refractivity contribution is -0.0548. The van der Waals surface area contributed by atoms with Crippen molar-refractivity contribution in [2.75, 3.05) is 7.11 Å². The molecule has 1 N–H and O–H groups in total. The van der Waals surface area contributed by atoms with Gasteiger partial charge in [0.15, 0.2) is 5.76 Å². The smallest absolute Gasteiger partial charge is 0.176 e. The largest absolute Gasteiger partial charge is 0.390 e. The highest BCUT2D eigenvalue weighted by Crippen LogP contribution is 2.43. The molecular formula is C20H22ClN3O3. The fraction of sp³-hybridized carbons (Fsp3) is 0.400. The SMILES string of the molecule is COCc1c(-c2ccccc2Cl)noc1-c1cnn([C@H]2C[C@@](C)(O)C2)c1C. The fourth-order valence-corrected chi connectivity index (χ4v) is 4.03. The van der Waals surface area contributed by atoms with E-state index in [1.54, 1.807) is 13.3 Å². The van der Waals surface area contributed by atoms with Crippen molar-refractivity contribution < 1.29 is 14.4 Å². The summed E-state index contributed by atoms with van der Waals surface area (Å²) in [4.78, 5) is 0. The second-order valence-electron chi connectivity index (χ2n) is 7.40. The van der Waals surface area contributed by atoms with Crippen molar-refractivity contribution in [3.8, 4) is 22.6 Å². The van der Waals surface area contributed by atoms with Gasteiger partial charge < -0.3 is 14.4 Å². The molecular weight excluding hydrogens is 366 g/mol. The lowest BCUT2D eigenvalue weighted by Crippen LogP contribution is -2.42. The van der Waals surface area contributed by atoms with Crippen molar-refractivity contribution in [2.24, 2.45) is 0 Å². The van der Waals surface area contributed by atoms with Crippen molar-refractivity contribution in [3.63, 3.8) is 0 Å². The van der Waals surface area contributed by atoms with Crippen molar-refractivity contribution in [1.82, 2.24) is 14.9 Å². The highest BCUT2D eigenvalue weighted by Gasteiger charge is 2.40. The second kappa shape index (κ2) is 6.78. The standard InChI is InChI=1S/C20H22ClN3O3/c1-12-15(10-22-24(12)13-8-20(2,25)9-13)19-16(11-26-3)18(23-27-19)14-6-4-5-7-17(14)21/h4-7,10,13,25H,8-9,11H2,1-3H3/t13-,20+. The van der Waals surface area contributed by atoms with E-state index in [4.69, 9.17) is 20.9 Å². The Labute approximate surface area is 162 Å². The minimum atomic E-state index is -0.603. The normalized spacial score (nSPS) is 22.0. The first kappa shape index (κ1) is 18.2. The molecule has 0 aliphatic heterocycles. The van der Waals surface area contributed by atoms with Crippen LogP contribution in [0.5, 0.6) is 0 Å². The number of halogens is 1. The Balaban J connectivity index is 1.75. The van der Waals surface area contributed by atoms with Gasteiger partial charge in [-0.2, -0.15) is 5.10 Å². The third kappa shape index (κ3) is 3.18. The first-order valence-electron chi connectivity index (χ1n) is 8.90. The molecule has 27 heavy (non-hydrogen) atoms. The van der Waals surface area contributed by atoms with Gasteiger partial charge in [-0.25, -0.2) is 0 Å². The number of rotatable bonds is 5. The number of hydrogen-bond acceptors (Lipinski definition) is 5. The summed E-state index contributed by atoms with van der Waals surface area (Å²) in [5, 5.41) is 19.5. The molecule has 1 aliphatic rings. The molecule has 1 aromatic carbocycles. The molecule has 2 heterocycles. The quantitative estimate of drug-likeness (QED) is 0.702. The van der Waals surface area contributed by atoms with E-state index in [1.165, 1.54) is 0 Å². The molecule has 4 rings (SSSR count). The summed E-state index contributed by atoms with van der Waals surface area (Å²) < 4.78 is 13.1. The van der Waals surface area contributed by atoms with Gasteiger partial charge in [0, 0.05) is 18.4 Å². The number of methoxy groups -OCH3 is 1. The third-order valence-electron chi connectivity index (χ3n) is 5.19. The maximum atomic E-state index is 10.0. The molecule has 0 unspecified atom stereocenters. The monoisotopic (exact) mass is 387 g/mol. The fourth-order valence-electron chi connectivity index (χ4n) is 3.81. The molecule has 7 heteroatoms. The zero-order valence-electron chi connectivity index (χ0n) is 15.6. The van der Waals surface area contributed by atoms with E-state index in [0.29, 0.717) is 35.9 Å². The summed E-state index contributed by atoms with van der Waals surface area (Å²) in [6.45, 7) is 4.21. The molecule has 142 valence electrons. The Bertz CT molecular complexity index is 969. The van der Waals surface area contributed by atoms with Gasteiger partial charge >= 0.3 is 0 Å². The maximum absolute atomic E-state index is 10.0. The van der Waals surface area contributed by atoms with Crippen LogP contribution in [0.3, 0.4) is 0 Å². The van der Waals surface area contributed by atoms with Gasteiger partial charge in [0.2, 0.25) is 0 Å². The van der Waals surface area contributed by atoms with Crippen LogP contribution in [0.2, 0.25) is 5.02 Å². The Hall–Kier alpha value is -2.15. The van der Waals surface area contributed by atoms with Gasteiger partial charge in [-0.1, -0.05) is 35.0 Å². The van der Waals surface area contributed by atoms with Crippen LogP contribution in [-0.4, -0.2) is 32.8 Å². The van der Waals surface area contributed by atoms with E-state index >= 15 is 0 Å². The Kier molecular flexibility index (Phi) is 4.58. The van der Waals surface area contributed by atoms with Gasteiger partial charge in [0.05, 0.1) is 40.6 Å². The second-order valence-corrected chi connectivity index (χ2v) is 7.81. The molecule has 0 atom stereocenters. The van der Waals surface area contributed by atoms with Crippen LogP contribution < -0.4 is 0 Å². The highest BCUT2D eigenvalue weighted by molar-refractivity contribution is 6.33. The number of hydrogen-bond donors (Lipinski definition) is 1. The molecule has 0 bridgehead atoms. The van der Waals surface area contributed by atoms with Crippen molar-refractivity contribution in [2.45, 2.75) is 44.9 Å². The number of nitrogens with zero attached hydrogens (tertiary/aromatic N) is 3. The number of benzene rings is 1. The van der Waals surface area contributed by atoms with Crippen molar-refractivity contribution in [3.05, 3.63) is 46.7 Å². The minimum absolute atomic E-state index is 0.200. The van der Waals surface area contributed by atoms with Crippen LogP contribution >= 0.6 is 11.6 Å². The Morgan fingerprint density at radius 3 is 2.74 bits per heavy atom. The Morgan fingerprint density at radius 2 is 2.07 bits per heavy atom. The molecule has 3 aromatic rings. The van der Waals surface area contributed by atoms with Crippen LogP contribution in [0, 0.1) is 6.92 Å². The topological polar surface area (TPSA) is 73.3 Å². The maximum Gasteiger partial charge on any atom is 0.176 e. The molecule has 0 radical (unpaired) electrons. The van der Waals surface area contributed by atoms with Crippen LogP contribution in [-0.2, 0) is 11.3 Å². The summed E-state index contributed by atoms with van der Waals surface area (Å²) in [5.41, 5.74) is 3.58. The van der Waals surface area contributed by atoms with Gasteiger partial charge in [0.25, 0.3) is 0 Å². The molecule has 0 spiro atoms. The summed E-state index contributed by atoms with van der Waals surface area (Å²) in [6.07, 6.45) is 3.18. The Morgan fingerprint density at radius 1 is 1.33 bits per heavy atom. The first-order valence-corrected chi connectivity index (χ1v) is 9.28. The number of ether oxygens (including phenoxy) is 1. The number of aromatic nitrogens is 3. The van der Waals surface area contributed by atoms with Gasteiger partial charge in [0.1, 0.15) is 5.69 Å². The lowest BCUT2D eigenvalue weighted by Gasteiger charge is -2.41. The lowest BCUT2D eigenvalue weighted by atomic mass is 9.77. The predicted molar refractivity (Wildman–Crippen MR) is 103 cm³/mol. The molecule has 0 amide bonds. The van der Waals surface area contributed by atoms with Crippen LogP contribution in [0.4, 0.5) is 0 Å². The van der Waals surface area contributed by atoms with Gasteiger partial charge in [-0.05, 0) is 32.8 Å². The van der Waals surface area contributed by atoms with Gasteiger partial charge in [-0.3, -0.25) is 4.68 Å². The predicted octanol–water partition coefficient (Wildman–Crippen LogP) is 4.40. The van der Waals surface area contributed by atoms with Crippen LogP contribution in [0.25, 0.3) is 22.6 Å². The number of aliphatic hydroxyl groups is 1. The zero-order valence-corrected chi connectivity index (χ0v) is 16.3. The molecule has 2 aromatic heterocycles. The van der Waals surface area contributed by atoms with E-state index in [1.807, 2.05) is 42.8 Å². The summed E-state index contributed by atoms with van der Waals surface area (Å²) in [5.74, 6) is 0.640. The van der Waals surface area contributed by atoms with E-state index in [0.717, 1.165) is 22.4 Å². The van der Waals surface area contributed by atoms with Crippen LogP contribution in [0.15, 0.2) is 35.0 Å². The highest BCUT2D eigenvalue weighted by atomic mass is 35.5. The van der Waals surface area contributed by atoms with E-state index in [9.17, 15) is 5.11 Å². The average Bonchev–Trinajstić information content (AvgIpc) is 3.17. The molecule has 1 fully saturated rings. The molecule has 1 saturated carbocycles. The zero-order chi connectivity index (χ0) is 19.2. The summed E-state index contributed by atoms with van der Waals surface area (Å²) in [7, 11) is 1.64. The summed E-state index contributed by atoms with van der Waals surface area (Å²) in [6, 6.07) is 7.73. The van der Waals surface area contributed by atoms with E-state index in [-0.39, 0.29) is 6.04 Å². The van der Waals surface area contributed by atoms with Gasteiger partial charge in [-0.15, -0.1) is 0 Å². The van der Waals surface area contributed by atoms with E-state index < -0.39 is 5.60 Å². The van der Waals surface area contributed by atoms with Crippen molar-refractivity contribution in [1.29, 1.82) is 0 Å². The molecule has 0 saturated heterocycles. The average molecular weight is 388 g/mol.